The molecule has 1 unspecified atom stereocenters. The van der Waals surface area contributed by atoms with Gasteiger partial charge in [0.15, 0.2) is 11.6 Å². The number of rotatable bonds is 5. The molecule has 1 saturated heterocycles. The Hall–Kier alpha value is -1.13. The average molecular weight is 294 g/mol. The summed E-state index contributed by atoms with van der Waals surface area (Å²) in [5.74, 6) is 0.0321. The molecule has 118 valence electrons. The van der Waals surface area contributed by atoms with Crippen LogP contribution < -0.4 is 10.1 Å². The van der Waals surface area contributed by atoms with Crippen LogP contribution in [-0.2, 0) is 6.54 Å². The van der Waals surface area contributed by atoms with Gasteiger partial charge in [0, 0.05) is 24.7 Å². The fourth-order valence-electron chi connectivity index (χ4n) is 2.80. The minimum atomic E-state index is -0.279. The first-order valence-electron chi connectivity index (χ1n) is 7.70. The Morgan fingerprint density at radius 1 is 1.38 bits per heavy atom. The van der Waals surface area contributed by atoms with Crippen molar-refractivity contribution in [2.45, 2.75) is 51.7 Å². The Bertz CT molecular complexity index is 470. The van der Waals surface area contributed by atoms with Crippen LogP contribution in [0.25, 0.3) is 0 Å². The summed E-state index contributed by atoms with van der Waals surface area (Å²) in [5.41, 5.74) is 1.15. The van der Waals surface area contributed by atoms with E-state index in [1.807, 2.05) is 6.07 Å². The van der Waals surface area contributed by atoms with Gasteiger partial charge in [0.25, 0.3) is 0 Å². The van der Waals surface area contributed by atoms with Crippen LogP contribution in [0.15, 0.2) is 18.2 Å². The molecule has 0 bridgehead atoms. The van der Waals surface area contributed by atoms with Crippen molar-refractivity contribution in [3.8, 4) is 5.75 Å². The highest BCUT2D eigenvalue weighted by atomic mass is 19.1. The second-order valence-electron chi connectivity index (χ2n) is 6.87. The zero-order valence-electron chi connectivity index (χ0n) is 13.6. The van der Waals surface area contributed by atoms with Crippen LogP contribution >= 0.6 is 0 Å². The maximum Gasteiger partial charge on any atom is 0.165 e. The first-order chi connectivity index (χ1) is 9.89. The number of likely N-dealkylation sites (tertiary alicyclic amines) is 1. The van der Waals surface area contributed by atoms with Gasteiger partial charge in [-0.05, 0) is 57.9 Å². The largest absolute Gasteiger partial charge is 0.494 e. The quantitative estimate of drug-likeness (QED) is 0.902. The van der Waals surface area contributed by atoms with Crippen molar-refractivity contribution >= 4 is 0 Å². The predicted octanol–water partition coefficient (Wildman–Crippen LogP) is 3.19. The molecule has 1 aromatic rings. The van der Waals surface area contributed by atoms with Gasteiger partial charge in [-0.3, -0.25) is 4.90 Å². The molecule has 1 aromatic carbocycles. The molecule has 1 heterocycles. The lowest BCUT2D eigenvalue weighted by atomic mass is 10.1. The smallest absolute Gasteiger partial charge is 0.165 e. The summed E-state index contributed by atoms with van der Waals surface area (Å²) >= 11 is 0. The van der Waals surface area contributed by atoms with Crippen molar-refractivity contribution < 1.29 is 9.13 Å². The lowest BCUT2D eigenvalue weighted by molar-refractivity contribution is 0.225. The number of hydrogen-bond donors (Lipinski definition) is 1. The molecule has 0 spiro atoms. The minimum absolute atomic E-state index is 0.139. The van der Waals surface area contributed by atoms with Gasteiger partial charge < -0.3 is 10.1 Å². The molecule has 0 amide bonds. The monoisotopic (exact) mass is 294 g/mol. The third kappa shape index (κ3) is 4.68. The van der Waals surface area contributed by atoms with Crippen molar-refractivity contribution in [3.63, 3.8) is 0 Å². The summed E-state index contributed by atoms with van der Waals surface area (Å²) in [6, 6.07) is 5.79. The number of nitrogens with one attached hydrogen (secondary N) is 1. The summed E-state index contributed by atoms with van der Waals surface area (Å²) in [6.45, 7) is 9.44. The fourth-order valence-corrected chi connectivity index (χ4v) is 2.80. The summed E-state index contributed by atoms with van der Waals surface area (Å²) in [6.07, 6.45) is 2.43. The van der Waals surface area contributed by atoms with Crippen LogP contribution in [0.1, 0.15) is 39.2 Å². The van der Waals surface area contributed by atoms with Crippen LogP contribution in [0.2, 0.25) is 0 Å². The van der Waals surface area contributed by atoms with Crippen molar-refractivity contribution in [1.82, 2.24) is 10.2 Å². The van der Waals surface area contributed by atoms with E-state index in [1.54, 1.807) is 12.1 Å². The third-order valence-electron chi connectivity index (χ3n) is 3.97. The van der Waals surface area contributed by atoms with E-state index in [1.165, 1.54) is 20.0 Å². The average Bonchev–Trinajstić information content (AvgIpc) is 2.83. The first kappa shape index (κ1) is 16.2. The number of methoxy groups -OCH3 is 1. The zero-order valence-corrected chi connectivity index (χ0v) is 13.6. The molecular weight excluding hydrogens is 267 g/mol. The minimum Gasteiger partial charge on any atom is -0.494 e. The topological polar surface area (TPSA) is 24.5 Å². The molecule has 1 fully saturated rings. The van der Waals surface area contributed by atoms with E-state index in [4.69, 9.17) is 4.74 Å². The van der Waals surface area contributed by atoms with E-state index in [0.29, 0.717) is 11.8 Å². The number of benzene rings is 1. The molecule has 1 aliphatic heterocycles. The zero-order chi connectivity index (χ0) is 15.5. The Balaban J connectivity index is 1.96. The number of hydrogen-bond acceptors (Lipinski definition) is 3. The van der Waals surface area contributed by atoms with Gasteiger partial charge >= 0.3 is 0 Å². The summed E-state index contributed by atoms with van der Waals surface area (Å²) in [7, 11) is 1.49. The predicted molar refractivity (Wildman–Crippen MR) is 84.1 cm³/mol. The molecule has 0 radical (unpaired) electrons. The van der Waals surface area contributed by atoms with Crippen LogP contribution in [0.4, 0.5) is 4.39 Å². The molecule has 0 aromatic heterocycles. The van der Waals surface area contributed by atoms with Crippen LogP contribution in [-0.4, -0.2) is 36.7 Å². The summed E-state index contributed by atoms with van der Waals surface area (Å²) < 4.78 is 18.7. The van der Waals surface area contributed by atoms with E-state index >= 15 is 0 Å². The van der Waals surface area contributed by atoms with Crippen molar-refractivity contribution in [2.24, 2.45) is 0 Å². The van der Waals surface area contributed by atoms with Gasteiger partial charge in [-0.1, -0.05) is 6.07 Å². The molecule has 4 heteroatoms. The SMILES string of the molecule is COc1ccc(CN2CCCC2CNC(C)(C)C)cc1F. The highest BCUT2D eigenvalue weighted by Crippen LogP contribution is 2.23. The van der Waals surface area contributed by atoms with Gasteiger partial charge in [-0.2, -0.15) is 0 Å². The highest BCUT2D eigenvalue weighted by Gasteiger charge is 2.25. The molecule has 2 rings (SSSR count). The fraction of sp³-hybridized carbons (Fsp3) is 0.647. The first-order valence-corrected chi connectivity index (χ1v) is 7.70. The number of ether oxygens (including phenoxy) is 1. The van der Waals surface area contributed by atoms with Gasteiger partial charge in [0.2, 0.25) is 0 Å². The van der Waals surface area contributed by atoms with Gasteiger partial charge in [-0.25, -0.2) is 4.39 Å². The van der Waals surface area contributed by atoms with Crippen molar-refractivity contribution in [3.05, 3.63) is 29.6 Å². The highest BCUT2D eigenvalue weighted by molar-refractivity contribution is 5.29. The summed E-state index contributed by atoms with van der Waals surface area (Å²) in [4.78, 5) is 2.44. The van der Waals surface area contributed by atoms with Crippen LogP contribution in [0.3, 0.4) is 0 Å². The molecule has 1 atom stereocenters. The lowest BCUT2D eigenvalue weighted by Crippen LogP contribution is -2.44. The lowest BCUT2D eigenvalue weighted by Gasteiger charge is -2.29. The molecule has 1 N–H and O–H groups in total. The standard InChI is InChI=1S/C17H27FN2O/c1-17(2,3)19-11-14-6-5-9-20(14)12-13-7-8-16(21-4)15(18)10-13/h7-8,10,14,19H,5-6,9,11-12H2,1-4H3. The van der Waals surface area contributed by atoms with Gasteiger partial charge in [0.1, 0.15) is 0 Å². The Kier molecular flexibility index (Phi) is 5.22. The molecule has 3 nitrogen and oxygen atoms in total. The Morgan fingerprint density at radius 3 is 2.76 bits per heavy atom. The van der Waals surface area contributed by atoms with Gasteiger partial charge in [-0.15, -0.1) is 0 Å². The second kappa shape index (κ2) is 6.75. The molecule has 1 aliphatic rings. The molecular formula is C17H27FN2O. The molecule has 0 saturated carbocycles. The van der Waals surface area contributed by atoms with E-state index in [9.17, 15) is 4.39 Å². The van der Waals surface area contributed by atoms with Crippen molar-refractivity contribution in [2.75, 3.05) is 20.2 Å². The third-order valence-corrected chi connectivity index (χ3v) is 3.97. The van der Waals surface area contributed by atoms with Crippen LogP contribution in [0.5, 0.6) is 5.75 Å². The number of nitrogens with zero attached hydrogens (tertiary/aromatic N) is 1. The van der Waals surface area contributed by atoms with Crippen LogP contribution in [0, 0.1) is 5.82 Å². The Morgan fingerprint density at radius 2 is 2.14 bits per heavy atom. The van der Waals surface area contributed by atoms with Crippen molar-refractivity contribution in [1.29, 1.82) is 0 Å². The second-order valence-corrected chi connectivity index (χ2v) is 6.87. The molecule has 21 heavy (non-hydrogen) atoms. The van der Waals surface area contributed by atoms with E-state index in [2.05, 4.69) is 31.0 Å². The Labute approximate surface area is 127 Å². The molecule has 0 aliphatic carbocycles. The van der Waals surface area contributed by atoms with E-state index in [-0.39, 0.29) is 11.4 Å². The number of halogens is 1. The summed E-state index contributed by atoms with van der Waals surface area (Å²) in [5, 5.41) is 3.57. The normalized spacial score (nSPS) is 20.0. The maximum atomic E-state index is 13.8. The maximum absolute atomic E-state index is 13.8. The van der Waals surface area contributed by atoms with Gasteiger partial charge in [0.05, 0.1) is 7.11 Å². The van der Waals surface area contributed by atoms with E-state index in [0.717, 1.165) is 25.2 Å². The van der Waals surface area contributed by atoms with E-state index < -0.39 is 0 Å².